The van der Waals surface area contributed by atoms with Crippen molar-refractivity contribution in [3.63, 3.8) is 0 Å². The summed E-state index contributed by atoms with van der Waals surface area (Å²) in [6, 6.07) is 5.81. The standard InChI is InChI=1S/C18H21F3N2O4S/c1-11-6-17(23-27-11)15-3-2-14(7-16(15)19)26-10-13-8-18(20,21)5-4-12(13)9-22-28(24)25/h2-3,6-7,12-13,22H,4-5,8-10H2,1H3,(H,24,25)/t12-,13+/m1/s1. The average molecular weight is 418 g/mol. The molecule has 6 nitrogen and oxygen atoms in total. The Morgan fingerprint density at radius 1 is 1.39 bits per heavy atom. The highest BCUT2D eigenvalue weighted by atomic mass is 32.2. The minimum Gasteiger partial charge on any atom is -0.493 e. The summed E-state index contributed by atoms with van der Waals surface area (Å²) in [7, 11) is 0. The normalized spacial score (nSPS) is 22.8. The molecule has 1 aliphatic rings. The van der Waals surface area contributed by atoms with Crippen LogP contribution >= 0.6 is 0 Å². The first-order valence-corrected chi connectivity index (χ1v) is 9.92. The monoisotopic (exact) mass is 418 g/mol. The van der Waals surface area contributed by atoms with Crippen LogP contribution in [-0.2, 0) is 11.3 Å². The van der Waals surface area contributed by atoms with E-state index in [1.807, 2.05) is 0 Å². The molecule has 0 saturated heterocycles. The van der Waals surface area contributed by atoms with E-state index in [4.69, 9.17) is 13.8 Å². The smallest absolute Gasteiger partial charge is 0.248 e. The third-order valence-corrected chi connectivity index (χ3v) is 5.30. The van der Waals surface area contributed by atoms with E-state index in [-0.39, 0.29) is 49.6 Å². The fourth-order valence-electron chi connectivity index (χ4n) is 3.42. The fraction of sp³-hybridized carbons (Fsp3) is 0.500. The van der Waals surface area contributed by atoms with Crippen LogP contribution in [0.1, 0.15) is 25.0 Å². The van der Waals surface area contributed by atoms with Gasteiger partial charge in [-0.05, 0) is 31.4 Å². The predicted molar refractivity (Wildman–Crippen MR) is 96.7 cm³/mol. The van der Waals surface area contributed by atoms with E-state index in [2.05, 4.69) is 9.88 Å². The maximum Gasteiger partial charge on any atom is 0.248 e. The van der Waals surface area contributed by atoms with E-state index >= 15 is 0 Å². The number of aryl methyl sites for hydroxylation is 1. The van der Waals surface area contributed by atoms with Crippen molar-refractivity contribution < 1.29 is 31.2 Å². The van der Waals surface area contributed by atoms with Gasteiger partial charge in [0.15, 0.2) is 0 Å². The van der Waals surface area contributed by atoms with Gasteiger partial charge in [-0.25, -0.2) is 22.1 Å². The first-order chi connectivity index (χ1) is 13.2. The van der Waals surface area contributed by atoms with E-state index in [1.54, 1.807) is 19.1 Å². The molecule has 1 aromatic heterocycles. The van der Waals surface area contributed by atoms with Crippen LogP contribution in [0.3, 0.4) is 0 Å². The van der Waals surface area contributed by atoms with E-state index in [0.29, 0.717) is 11.5 Å². The van der Waals surface area contributed by atoms with Crippen molar-refractivity contribution in [2.24, 2.45) is 11.8 Å². The number of nitrogens with zero attached hydrogens (tertiary/aromatic N) is 1. The van der Waals surface area contributed by atoms with Crippen LogP contribution in [-0.4, -0.2) is 33.0 Å². The van der Waals surface area contributed by atoms with Crippen LogP contribution in [0.25, 0.3) is 11.3 Å². The van der Waals surface area contributed by atoms with Crippen molar-refractivity contribution in [2.75, 3.05) is 13.2 Å². The molecule has 1 saturated carbocycles. The number of hydrogen-bond donors (Lipinski definition) is 2. The second-order valence-corrected chi connectivity index (χ2v) is 7.78. The van der Waals surface area contributed by atoms with Crippen molar-refractivity contribution in [3.05, 3.63) is 35.8 Å². The molecular weight excluding hydrogens is 397 g/mol. The van der Waals surface area contributed by atoms with E-state index in [0.717, 1.165) is 0 Å². The van der Waals surface area contributed by atoms with Gasteiger partial charge in [-0.3, -0.25) is 4.55 Å². The van der Waals surface area contributed by atoms with Crippen LogP contribution in [0.5, 0.6) is 5.75 Å². The highest BCUT2D eigenvalue weighted by Gasteiger charge is 2.41. The molecule has 1 heterocycles. The van der Waals surface area contributed by atoms with Crippen molar-refractivity contribution in [2.45, 2.75) is 32.1 Å². The molecule has 1 aliphatic carbocycles. The number of nitrogens with one attached hydrogen (secondary N) is 1. The summed E-state index contributed by atoms with van der Waals surface area (Å²) in [5.74, 6) is -3.36. The van der Waals surface area contributed by atoms with Crippen molar-refractivity contribution >= 4 is 11.3 Å². The maximum atomic E-state index is 14.4. The first kappa shape index (κ1) is 20.8. The second kappa shape index (κ2) is 8.62. The van der Waals surface area contributed by atoms with E-state index < -0.39 is 28.9 Å². The Hall–Kier alpha value is -1.91. The lowest BCUT2D eigenvalue weighted by Crippen LogP contribution is -2.40. The minimum atomic E-state index is -2.80. The van der Waals surface area contributed by atoms with Gasteiger partial charge in [0, 0.05) is 43.0 Å². The molecule has 1 unspecified atom stereocenters. The number of benzene rings is 1. The Labute approximate surface area is 162 Å². The van der Waals surface area contributed by atoms with Crippen LogP contribution in [0.15, 0.2) is 28.8 Å². The first-order valence-electron chi connectivity index (χ1n) is 8.82. The van der Waals surface area contributed by atoms with Gasteiger partial charge in [0.05, 0.1) is 6.61 Å². The lowest BCUT2D eigenvalue weighted by Gasteiger charge is -2.35. The number of halogens is 3. The summed E-state index contributed by atoms with van der Waals surface area (Å²) >= 11 is -2.21. The predicted octanol–water partition coefficient (Wildman–Crippen LogP) is 3.95. The molecule has 28 heavy (non-hydrogen) atoms. The van der Waals surface area contributed by atoms with Crippen molar-refractivity contribution in [1.29, 1.82) is 0 Å². The summed E-state index contributed by atoms with van der Waals surface area (Å²) < 4.78 is 74.5. The third-order valence-electron chi connectivity index (χ3n) is 4.89. The maximum absolute atomic E-state index is 14.4. The average Bonchev–Trinajstić information content (AvgIpc) is 3.04. The Morgan fingerprint density at radius 3 is 2.82 bits per heavy atom. The molecule has 0 radical (unpaired) electrons. The Bertz CT molecular complexity index is 846. The molecule has 0 amide bonds. The molecule has 1 aromatic carbocycles. The van der Waals surface area contributed by atoms with Gasteiger partial charge in [0.1, 0.15) is 23.0 Å². The van der Waals surface area contributed by atoms with Gasteiger partial charge in [0.25, 0.3) is 0 Å². The van der Waals surface area contributed by atoms with Crippen LogP contribution in [0.4, 0.5) is 13.2 Å². The second-order valence-electron chi connectivity index (χ2n) is 6.99. The van der Waals surface area contributed by atoms with Gasteiger partial charge in [-0.2, -0.15) is 0 Å². The van der Waals surface area contributed by atoms with E-state index in [9.17, 15) is 17.4 Å². The van der Waals surface area contributed by atoms with Gasteiger partial charge in [0.2, 0.25) is 17.2 Å². The molecule has 0 spiro atoms. The number of rotatable bonds is 7. The summed E-state index contributed by atoms with van der Waals surface area (Å²) in [5.41, 5.74) is 0.609. The molecule has 2 aromatic rings. The zero-order chi connectivity index (χ0) is 20.3. The highest BCUT2D eigenvalue weighted by Crippen LogP contribution is 2.40. The largest absolute Gasteiger partial charge is 0.493 e. The third kappa shape index (κ3) is 5.33. The number of ether oxygens (including phenoxy) is 1. The summed E-state index contributed by atoms with van der Waals surface area (Å²) in [4.78, 5) is 0. The highest BCUT2D eigenvalue weighted by molar-refractivity contribution is 7.77. The summed E-state index contributed by atoms with van der Waals surface area (Å²) in [6.07, 6.45) is -0.436. The van der Waals surface area contributed by atoms with Gasteiger partial charge >= 0.3 is 0 Å². The molecule has 0 bridgehead atoms. The zero-order valence-electron chi connectivity index (χ0n) is 15.2. The quantitative estimate of drug-likeness (QED) is 0.666. The van der Waals surface area contributed by atoms with Gasteiger partial charge < -0.3 is 9.26 Å². The fourth-order valence-corrected chi connectivity index (χ4v) is 3.77. The molecule has 154 valence electrons. The van der Waals surface area contributed by atoms with Gasteiger partial charge in [-0.15, -0.1) is 0 Å². The molecule has 3 atom stereocenters. The Kier molecular flexibility index (Phi) is 6.41. The SMILES string of the molecule is Cc1cc(-c2ccc(OC[C@@H]3CC(F)(F)CC[C@@H]3CNS(=O)O)cc2F)no1. The summed E-state index contributed by atoms with van der Waals surface area (Å²) in [6.45, 7) is 1.79. The minimum absolute atomic E-state index is 0.0398. The molecule has 3 rings (SSSR count). The molecule has 10 heteroatoms. The van der Waals surface area contributed by atoms with Crippen LogP contribution < -0.4 is 9.46 Å². The number of hydrogen-bond acceptors (Lipinski definition) is 4. The lowest BCUT2D eigenvalue weighted by molar-refractivity contribution is -0.0757. The van der Waals surface area contributed by atoms with Crippen molar-refractivity contribution in [3.8, 4) is 17.0 Å². The zero-order valence-corrected chi connectivity index (χ0v) is 16.0. The van der Waals surface area contributed by atoms with Crippen molar-refractivity contribution in [1.82, 2.24) is 9.88 Å². The lowest BCUT2D eigenvalue weighted by atomic mass is 9.78. The molecular formula is C18H21F3N2O4S. The van der Waals surface area contributed by atoms with Crippen LogP contribution in [0, 0.1) is 24.6 Å². The van der Waals surface area contributed by atoms with Crippen LogP contribution in [0.2, 0.25) is 0 Å². The van der Waals surface area contributed by atoms with Gasteiger partial charge in [-0.1, -0.05) is 5.16 Å². The molecule has 2 N–H and O–H groups in total. The Morgan fingerprint density at radius 2 is 2.18 bits per heavy atom. The molecule has 1 fully saturated rings. The van der Waals surface area contributed by atoms with E-state index in [1.165, 1.54) is 12.1 Å². The summed E-state index contributed by atoms with van der Waals surface area (Å²) in [5, 5.41) is 3.77. The number of aromatic nitrogens is 1. The topological polar surface area (TPSA) is 84.6 Å². The number of alkyl halides is 2. The Balaban J connectivity index is 1.66. The molecule has 0 aliphatic heterocycles.